The minimum absolute atomic E-state index is 0.177. The zero-order valence-electron chi connectivity index (χ0n) is 12.4. The summed E-state index contributed by atoms with van der Waals surface area (Å²) in [5, 5.41) is 3.39. The molecule has 110 valence electrons. The molecule has 1 fully saturated rings. The molecule has 1 N–H and O–H groups in total. The van der Waals surface area contributed by atoms with Gasteiger partial charge in [-0.2, -0.15) is 0 Å². The molecule has 1 aromatic rings. The van der Waals surface area contributed by atoms with Gasteiger partial charge in [-0.15, -0.1) is 0 Å². The summed E-state index contributed by atoms with van der Waals surface area (Å²) < 4.78 is 12.2. The number of aryl methyl sites for hydroxylation is 1. The molecular weight excluding hydrogens is 252 g/mol. The van der Waals surface area contributed by atoms with Crippen molar-refractivity contribution in [3.05, 3.63) is 17.7 Å². The van der Waals surface area contributed by atoms with E-state index >= 15 is 0 Å². The molecule has 0 amide bonds. The van der Waals surface area contributed by atoms with E-state index in [1.807, 2.05) is 0 Å². The van der Waals surface area contributed by atoms with Crippen molar-refractivity contribution in [1.29, 1.82) is 0 Å². The Bertz CT molecular complexity index is 470. The smallest absolute Gasteiger partial charge is 0.185 e. The lowest BCUT2D eigenvalue weighted by molar-refractivity contribution is 0.0879. The van der Waals surface area contributed by atoms with Gasteiger partial charge in [-0.05, 0) is 24.5 Å². The number of nitrogens with one attached hydrogen (secondary N) is 1. The topological polar surface area (TPSA) is 33.7 Å². The van der Waals surface area contributed by atoms with Crippen LogP contribution in [-0.4, -0.2) is 38.9 Å². The van der Waals surface area contributed by atoms with Crippen molar-refractivity contribution in [3.8, 4) is 11.5 Å². The van der Waals surface area contributed by atoms with Gasteiger partial charge in [0, 0.05) is 26.2 Å². The fourth-order valence-electron chi connectivity index (χ4n) is 2.88. The summed E-state index contributed by atoms with van der Waals surface area (Å²) in [6.45, 7) is 9.09. The van der Waals surface area contributed by atoms with E-state index in [2.05, 4.69) is 36.2 Å². The average molecular weight is 276 g/mol. The van der Waals surface area contributed by atoms with Gasteiger partial charge in [-0.1, -0.05) is 19.9 Å². The van der Waals surface area contributed by atoms with E-state index in [1.54, 1.807) is 0 Å². The first-order valence-electron chi connectivity index (χ1n) is 7.74. The largest absolute Gasteiger partial charge is 0.485 e. The van der Waals surface area contributed by atoms with Gasteiger partial charge in [0.05, 0.1) is 5.69 Å². The maximum atomic E-state index is 6.22. The predicted octanol–water partition coefficient (Wildman–Crippen LogP) is 2.21. The quantitative estimate of drug-likeness (QED) is 0.918. The third-order valence-corrected chi connectivity index (χ3v) is 4.16. The number of ether oxygens (including phenoxy) is 2. The Hall–Kier alpha value is -1.42. The second-order valence-electron chi connectivity index (χ2n) is 5.45. The number of benzene rings is 1. The highest BCUT2D eigenvalue weighted by molar-refractivity contribution is 5.68. The fourth-order valence-corrected chi connectivity index (χ4v) is 2.88. The maximum Gasteiger partial charge on any atom is 0.185 e. The predicted molar refractivity (Wildman–Crippen MR) is 81.1 cm³/mol. The van der Waals surface area contributed by atoms with E-state index in [0.717, 1.165) is 50.5 Å². The van der Waals surface area contributed by atoms with E-state index in [0.29, 0.717) is 6.61 Å². The number of hydrogen-bond donors (Lipinski definition) is 1. The Morgan fingerprint density at radius 1 is 1.20 bits per heavy atom. The highest BCUT2D eigenvalue weighted by Gasteiger charge is 2.27. The number of fused-ring (bicyclic) bond motifs is 1. The van der Waals surface area contributed by atoms with Crippen molar-refractivity contribution in [1.82, 2.24) is 5.32 Å². The van der Waals surface area contributed by atoms with Gasteiger partial charge in [0.2, 0.25) is 0 Å². The highest BCUT2D eigenvalue weighted by atomic mass is 16.6. The Balaban J connectivity index is 1.97. The lowest BCUT2D eigenvalue weighted by atomic mass is 10.1. The summed E-state index contributed by atoms with van der Waals surface area (Å²) in [6.07, 6.45) is 2.14. The van der Waals surface area contributed by atoms with E-state index in [-0.39, 0.29) is 6.10 Å². The zero-order chi connectivity index (χ0) is 13.9. The molecule has 0 spiro atoms. The lowest BCUT2D eigenvalue weighted by Crippen LogP contribution is -2.44. The molecule has 1 atom stereocenters. The first-order valence-corrected chi connectivity index (χ1v) is 7.74. The molecule has 1 unspecified atom stereocenters. The van der Waals surface area contributed by atoms with Crippen LogP contribution in [0.5, 0.6) is 11.5 Å². The summed E-state index contributed by atoms with van der Waals surface area (Å²) in [4.78, 5) is 2.40. The van der Waals surface area contributed by atoms with E-state index in [4.69, 9.17) is 9.47 Å². The molecule has 1 saturated heterocycles. The van der Waals surface area contributed by atoms with Crippen molar-refractivity contribution in [3.63, 3.8) is 0 Å². The lowest BCUT2D eigenvalue weighted by Gasteiger charge is -2.35. The Morgan fingerprint density at radius 2 is 2.00 bits per heavy atom. The van der Waals surface area contributed by atoms with Crippen molar-refractivity contribution in [2.24, 2.45) is 0 Å². The van der Waals surface area contributed by atoms with Crippen LogP contribution in [0.25, 0.3) is 0 Å². The highest BCUT2D eigenvalue weighted by Crippen LogP contribution is 2.44. The van der Waals surface area contributed by atoms with Crippen LogP contribution >= 0.6 is 0 Å². The van der Waals surface area contributed by atoms with Gasteiger partial charge in [-0.3, -0.25) is 0 Å². The molecule has 20 heavy (non-hydrogen) atoms. The van der Waals surface area contributed by atoms with Gasteiger partial charge < -0.3 is 19.7 Å². The van der Waals surface area contributed by atoms with Crippen LogP contribution < -0.4 is 19.7 Å². The molecule has 4 heteroatoms. The molecule has 0 aliphatic carbocycles. The Labute approximate surface area is 121 Å². The maximum absolute atomic E-state index is 6.22. The molecular formula is C16H24N2O2. The Kier molecular flexibility index (Phi) is 4.01. The summed E-state index contributed by atoms with van der Waals surface area (Å²) in [5.74, 6) is 1.93. The molecule has 0 radical (unpaired) electrons. The van der Waals surface area contributed by atoms with E-state index in [1.165, 1.54) is 11.3 Å². The minimum Gasteiger partial charge on any atom is -0.485 e. The van der Waals surface area contributed by atoms with E-state index < -0.39 is 0 Å². The molecule has 0 aromatic heterocycles. The summed E-state index contributed by atoms with van der Waals surface area (Å²) >= 11 is 0. The first-order chi connectivity index (χ1) is 9.83. The molecule has 3 rings (SSSR count). The van der Waals surface area contributed by atoms with Gasteiger partial charge in [0.15, 0.2) is 11.5 Å². The number of nitrogens with zero attached hydrogens (tertiary/aromatic N) is 1. The van der Waals surface area contributed by atoms with Crippen LogP contribution in [0.15, 0.2) is 12.1 Å². The van der Waals surface area contributed by atoms with Crippen molar-refractivity contribution < 1.29 is 9.47 Å². The van der Waals surface area contributed by atoms with Gasteiger partial charge in [-0.25, -0.2) is 0 Å². The van der Waals surface area contributed by atoms with Crippen LogP contribution in [-0.2, 0) is 6.42 Å². The first kappa shape index (κ1) is 13.6. The van der Waals surface area contributed by atoms with Crippen LogP contribution in [0.1, 0.15) is 25.8 Å². The molecule has 2 aliphatic heterocycles. The third-order valence-electron chi connectivity index (χ3n) is 4.16. The van der Waals surface area contributed by atoms with Crippen LogP contribution in [0.3, 0.4) is 0 Å². The molecule has 0 bridgehead atoms. The SMILES string of the molecule is CCc1ccc(N2CCNCC2)c2c1OCC(CC)O2. The monoisotopic (exact) mass is 276 g/mol. The zero-order valence-corrected chi connectivity index (χ0v) is 12.4. The van der Waals surface area contributed by atoms with Crippen LogP contribution in [0, 0.1) is 0 Å². The third kappa shape index (κ3) is 2.44. The summed E-state index contributed by atoms with van der Waals surface area (Å²) in [6, 6.07) is 4.39. The fraction of sp³-hybridized carbons (Fsp3) is 0.625. The Morgan fingerprint density at radius 3 is 2.70 bits per heavy atom. The van der Waals surface area contributed by atoms with Crippen molar-refractivity contribution >= 4 is 5.69 Å². The van der Waals surface area contributed by atoms with Crippen LogP contribution in [0.4, 0.5) is 5.69 Å². The standard InChI is InChI=1S/C16H24N2O2/c1-3-12-5-6-14(18-9-7-17-8-10-18)16-15(12)19-11-13(4-2)20-16/h5-6,13,17H,3-4,7-11H2,1-2H3. The number of rotatable bonds is 3. The molecule has 0 saturated carbocycles. The number of hydrogen-bond acceptors (Lipinski definition) is 4. The van der Waals surface area contributed by atoms with Crippen molar-refractivity contribution in [2.75, 3.05) is 37.7 Å². The molecule has 2 heterocycles. The summed E-state index contributed by atoms with van der Waals surface area (Å²) in [5.41, 5.74) is 2.44. The summed E-state index contributed by atoms with van der Waals surface area (Å²) in [7, 11) is 0. The normalized spacial score (nSPS) is 21.9. The molecule has 2 aliphatic rings. The van der Waals surface area contributed by atoms with Crippen molar-refractivity contribution in [2.45, 2.75) is 32.8 Å². The van der Waals surface area contributed by atoms with E-state index in [9.17, 15) is 0 Å². The molecule has 1 aromatic carbocycles. The van der Waals surface area contributed by atoms with Crippen LogP contribution in [0.2, 0.25) is 0 Å². The number of piperazine rings is 1. The van der Waals surface area contributed by atoms with Gasteiger partial charge in [0.1, 0.15) is 12.7 Å². The van der Waals surface area contributed by atoms with Gasteiger partial charge >= 0.3 is 0 Å². The average Bonchev–Trinajstić information content (AvgIpc) is 2.54. The molecule has 4 nitrogen and oxygen atoms in total. The second kappa shape index (κ2) is 5.92. The number of anilines is 1. The second-order valence-corrected chi connectivity index (χ2v) is 5.45. The van der Waals surface area contributed by atoms with Gasteiger partial charge in [0.25, 0.3) is 0 Å². The minimum atomic E-state index is 0.177.